The van der Waals surface area contributed by atoms with Crippen molar-refractivity contribution in [1.29, 1.82) is 0 Å². The first-order chi connectivity index (χ1) is 12.4. The number of nitrogens with zero attached hydrogens (tertiary/aromatic N) is 3. The zero-order valence-electron chi connectivity index (χ0n) is 15.3. The summed E-state index contributed by atoms with van der Waals surface area (Å²) in [4.78, 5) is 28.0. The van der Waals surface area contributed by atoms with Gasteiger partial charge in [0.2, 0.25) is 5.91 Å². The van der Waals surface area contributed by atoms with E-state index >= 15 is 0 Å². The van der Waals surface area contributed by atoms with Gasteiger partial charge in [0.25, 0.3) is 5.91 Å². The lowest BCUT2D eigenvalue weighted by Crippen LogP contribution is -2.51. The summed E-state index contributed by atoms with van der Waals surface area (Å²) in [6.07, 6.45) is 2.60. The maximum atomic E-state index is 13.2. The van der Waals surface area contributed by atoms with Crippen molar-refractivity contribution < 1.29 is 9.59 Å². The van der Waals surface area contributed by atoms with Crippen molar-refractivity contribution in [1.82, 2.24) is 19.8 Å². The van der Waals surface area contributed by atoms with Gasteiger partial charge in [-0.1, -0.05) is 41.7 Å². The van der Waals surface area contributed by atoms with E-state index in [1.165, 1.54) is 0 Å². The highest BCUT2D eigenvalue weighted by atomic mass is 32.1. The van der Waals surface area contributed by atoms with Crippen LogP contribution in [0.15, 0.2) is 35.7 Å². The molecular formula is C19H24N4O2S. The largest absolute Gasteiger partial charge is 0.349 e. The Morgan fingerprint density at radius 3 is 2.54 bits per heavy atom. The van der Waals surface area contributed by atoms with Crippen molar-refractivity contribution >= 4 is 23.3 Å². The fraction of sp³-hybridized carbons (Fsp3) is 0.474. The van der Waals surface area contributed by atoms with Gasteiger partial charge < -0.3 is 10.2 Å². The minimum atomic E-state index is -0.677. The van der Waals surface area contributed by atoms with Crippen LogP contribution in [0, 0.1) is 0 Å². The number of hydrogen-bond donors (Lipinski definition) is 1. The van der Waals surface area contributed by atoms with E-state index in [9.17, 15) is 9.59 Å². The minimum absolute atomic E-state index is 0.0601. The molecule has 1 aromatic carbocycles. The van der Waals surface area contributed by atoms with Crippen molar-refractivity contribution in [2.45, 2.75) is 57.7 Å². The third kappa shape index (κ3) is 4.09. The van der Waals surface area contributed by atoms with E-state index in [1.54, 1.807) is 10.3 Å². The Kier molecular flexibility index (Phi) is 5.36. The van der Waals surface area contributed by atoms with Crippen LogP contribution in [0.2, 0.25) is 0 Å². The summed E-state index contributed by atoms with van der Waals surface area (Å²) in [5.41, 5.74) is 0.760. The molecule has 1 aromatic heterocycles. The Labute approximate surface area is 157 Å². The molecule has 1 aliphatic rings. The monoisotopic (exact) mass is 372 g/mol. The highest BCUT2D eigenvalue weighted by molar-refractivity contribution is 7.03. The van der Waals surface area contributed by atoms with Gasteiger partial charge in [-0.05, 0) is 50.2 Å². The Hall–Kier alpha value is -2.28. The first kappa shape index (κ1) is 18.5. The highest BCUT2D eigenvalue weighted by Crippen LogP contribution is 2.36. The molecule has 1 fully saturated rings. The molecule has 0 saturated heterocycles. The summed E-state index contributed by atoms with van der Waals surface area (Å²) < 4.78 is 3.80. The van der Waals surface area contributed by atoms with Crippen molar-refractivity contribution in [3.63, 3.8) is 0 Å². The molecule has 1 aliphatic carbocycles. The van der Waals surface area contributed by atoms with E-state index in [-0.39, 0.29) is 23.4 Å². The fourth-order valence-corrected chi connectivity index (χ4v) is 3.23. The summed E-state index contributed by atoms with van der Waals surface area (Å²) >= 11 is 1.14. The fourth-order valence-electron chi connectivity index (χ4n) is 2.80. The van der Waals surface area contributed by atoms with Crippen LogP contribution < -0.4 is 5.32 Å². The Bertz CT molecular complexity index is 757. The summed E-state index contributed by atoms with van der Waals surface area (Å²) in [5, 5.41) is 8.65. The normalized spacial score (nSPS) is 15.3. The number of aromatic nitrogens is 2. The molecule has 1 atom stereocenters. The molecule has 3 rings (SSSR count). The smallest absolute Gasteiger partial charge is 0.276 e. The number of amides is 2. The molecule has 26 heavy (non-hydrogen) atoms. The maximum absolute atomic E-state index is 13.2. The van der Waals surface area contributed by atoms with E-state index in [2.05, 4.69) is 14.9 Å². The van der Waals surface area contributed by atoms with E-state index in [4.69, 9.17) is 0 Å². The van der Waals surface area contributed by atoms with Gasteiger partial charge >= 0.3 is 0 Å². The first-order valence-electron chi connectivity index (χ1n) is 8.89. The van der Waals surface area contributed by atoms with Crippen LogP contribution in [0.1, 0.15) is 62.1 Å². The van der Waals surface area contributed by atoms with Crippen molar-refractivity contribution in [3.8, 4) is 0 Å². The number of carbonyl (C=O) groups is 2. The molecule has 1 N–H and O–H groups in total. The van der Waals surface area contributed by atoms with Crippen LogP contribution in [-0.4, -0.2) is 37.9 Å². The second kappa shape index (κ2) is 7.53. The Morgan fingerprint density at radius 2 is 2.00 bits per heavy atom. The van der Waals surface area contributed by atoms with Gasteiger partial charge in [0.05, 0.1) is 0 Å². The highest BCUT2D eigenvalue weighted by Gasteiger charge is 2.43. The maximum Gasteiger partial charge on any atom is 0.276 e. The molecule has 2 aromatic rings. The summed E-state index contributed by atoms with van der Waals surface area (Å²) in [7, 11) is 0. The van der Waals surface area contributed by atoms with Crippen LogP contribution >= 0.6 is 11.5 Å². The molecule has 0 unspecified atom stereocenters. The van der Waals surface area contributed by atoms with Gasteiger partial charge in [0.1, 0.15) is 6.04 Å². The standard InChI is InChI=1S/C19H24N4O2S/c1-4-19(2,3)20-17(24)16(13-8-6-5-7-9-13)23(14-10-11-14)18(25)15-12-26-22-21-15/h5-9,12,14,16H,4,10-11H2,1-3H3,(H,20,24)/t16-/m1/s1. The summed E-state index contributed by atoms with van der Waals surface area (Å²) in [5.74, 6) is -0.397. The Morgan fingerprint density at radius 1 is 1.31 bits per heavy atom. The van der Waals surface area contributed by atoms with Gasteiger partial charge in [0, 0.05) is 17.0 Å². The number of benzene rings is 1. The second-order valence-electron chi connectivity index (χ2n) is 7.27. The number of nitrogens with one attached hydrogen (secondary N) is 1. The summed E-state index contributed by atoms with van der Waals surface area (Å²) in [6.45, 7) is 6.00. The van der Waals surface area contributed by atoms with E-state index in [0.29, 0.717) is 5.69 Å². The van der Waals surface area contributed by atoms with E-state index in [0.717, 1.165) is 36.4 Å². The topological polar surface area (TPSA) is 75.2 Å². The lowest BCUT2D eigenvalue weighted by atomic mass is 9.98. The molecule has 1 heterocycles. The van der Waals surface area contributed by atoms with Crippen molar-refractivity contribution in [2.75, 3.05) is 0 Å². The molecule has 2 amide bonds. The minimum Gasteiger partial charge on any atom is -0.349 e. The van der Waals surface area contributed by atoms with E-state index < -0.39 is 6.04 Å². The molecule has 7 heteroatoms. The van der Waals surface area contributed by atoms with Crippen LogP contribution in [0.5, 0.6) is 0 Å². The number of rotatable bonds is 7. The second-order valence-corrected chi connectivity index (χ2v) is 7.88. The van der Waals surface area contributed by atoms with E-state index in [1.807, 2.05) is 51.1 Å². The van der Waals surface area contributed by atoms with Crippen LogP contribution in [0.3, 0.4) is 0 Å². The molecule has 0 bridgehead atoms. The molecule has 6 nitrogen and oxygen atoms in total. The summed E-state index contributed by atoms with van der Waals surface area (Å²) in [6, 6.07) is 8.85. The third-order valence-electron chi connectivity index (χ3n) is 4.74. The average Bonchev–Trinajstić information content (AvgIpc) is 3.31. The predicted octanol–water partition coefficient (Wildman–Crippen LogP) is 3.19. The van der Waals surface area contributed by atoms with Gasteiger partial charge in [-0.15, -0.1) is 5.10 Å². The molecule has 0 spiro atoms. The van der Waals surface area contributed by atoms with Crippen LogP contribution in [0.4, 0.5) is 0 Å². The Balaban J connectivity index is 1.98. The average molecular weight is 372 g/mol. The number of carbonyl (C=O) groups excluding carboxylic acids is 2. The van der Waals surface area contributed by atoms with Crippen LogP contribution in [0.25, 0.3) is 0 Å². The van der Waals surface area contributed by atoms with Gasteiger partial charge in [-0.3, -0.25) is 9.59 Å². The predicted molar refractivity (Wildman–Crippen MR) is 101 cm³/mol. The van der Waals surface area contributed by atoms with Crippen LogP contribution in [-0.2, 0) is 4.79 Å². The zero-order valence-corrected chi connectivity index (χ0v) is 16.1. The zero-order chi connectivity index (χ0) is 18.7. The SMILES string of the molecule is CCC(C)(C)NC(=O)[C@@H](c1ccccc1)N(C(=O)c1csnn1)C1CC1. The lowest BCUT2D eigenvalue weighted by molar-refractivity contribution is -0.127. The molecule has 0 radical (unpaired) electrons. The van der Waals surface area contributed by atoms with Crippen molar-refractivity contribution in [2.24, 2.45) is 0 Å². The molecular weight excluding hydrogens is 348 g/mol. The van der Waals surface area contributed by atoms with Gasteiger partial charge in [-0.2, -0.15) is 0 Å². The lowest BCUT2D eigenvalue weighted by Gasteiger charge is -2.34. The first-order valence-corrected chi connectivity index (χ1v) is 9.73. The quantitative estimate of drug-likeness (QED) is 0.810. The van der Waals surface area contributed by atoms with Crippen molar-refractivity contribution in [3.05, 3.63) is 47.0 Å². The molecule has 1 saturated carbocycles. The van der Waals surface area contributed by atoms with Gasteiger partial charge in [0.15, 0.2) is 5.69 Å². The van der Waals surface area contributed by atoms with Gasteiger partial charge in [-0.25, -0.2) is 0 Å². The number of hydrogen-bond acceptors (Lipinski definition) is 5. The third-order valence-corrected chi connectivity index (χ3v) is 5.25. The molecule has 0 aliphatic heterocycles. The molecule has 138 valence electrons.